The third kappa shape index (κ3) is 8.76. The van der Waals surface area contributed by atoms with Gasteiger partial charge in [-0.05, 0) is 80.8 Å². The van der Waals surface area contributed by atoms with Crippen molar-refractivity contribution < 1.29 is 14.6 Å². The molecule has 0 aromatic carbocycles. The number of nitrogens with two attached hydrogens (primary N) is 1. The number of thiol groups is 1. The number of nitrogens with zero attached hydrogens (tertiary/aromatic N) is 1. The molecule has 1 rings (SSSR count). The Labute approximate surface area is 173 Å². The molecule has 0 heterocycles. The first kappa shape index (κ1) is 26.8. The van der Waals surface area contributed by atoms with Crippen LogP contribution < -0.4 is 5.73 Å². The van der Waals surface area contributed by atoms with E-state index in [4.69, 9.17) is 10.4 Å². The number of hydrogen-bond donors (Lipinski definition) is 3. The van der Waals surface area contributed by atoms with Crippen LogP contribution >= 0.6 is 12.6 Å². The number of carboxylic acid groups (broad SMARTS) is 1. The SMILES string of the molecule is CC(C)(S)C(C)(C)O[B]CCCC1CCCC1(N)C(=O)O.CC(C)N(C)C. The molecule has 2 atom stereocenters. The highest BCUT2D eigenvalue weighted by atomic mass is 32.1. The summed E-state index contributed by atoms with van der Waals surface area (Å²) in [6.07, 6.45) is 4.97. The zero-order chi connectivity index (χ0) is 21.5. The predicted octanol–water partition coefficient (Wildman–Crippen LogP) is 3.85. The molecule has 1 aliphatic rings. The Hall–Kier alpha value is -0.235. The molecule has 0 aromatic rings. The van der Waals surface area contributed by atoms with Gasteiger partial charge in [-0.3, -0.25) is 4.79 Å². The van der Waals surface area contributed by atoms with E-state index in [0.717, 1.165) is 32.0 Å². The summed E-state index contributed by atoms with van der Waals surface area (Å²) in [5.41, 5.74) is 4.67. The first-order valence-electron chi connectivity index (χ1n) is 10.1. The van der Waals surface area contributed by atoms with E-state index in [2.05, 4.69) is 45.5 Å². The molecule has 1 saturated carbocycles. The van der Waals surface area contributed by atoms with Crippen molar-refractivity contribution in [2.75, 3.05) is 14.1 Å². The lowest BCUT2D eigenvalue weighted by Gasteiger charge is -2.38. The van der Waals surface area contributed by atoms with Crippen LogP contribution in [0.15, 0.2) is 0 Å². The lowest BCUT2D eigenvalue weighted by Crippen LogP contribution is -2.50. The van der Waals surface area contributed by atoms with Gasteiger partial charge in [0.15, 0.2) is 0 Å². The zero-order valence-corrected chi connectivity index (χ0v) is 19.6. The van der Waals surface area contributed by atoms with Crippen LogP contribution in [0.2, 0.25) is 6.32 Å². The molecule has 0 saturated heterocycles. The first-order chi connectivity index (χ1) is 12.1. The minimum atomic E-state index is -1.02. The second kappa shape index (κ2) is 11.1. The molecule has 0 bridgehead atoms. The highest BCUT2D eigenvalue weighted by Gasteiger charge is 2.45. The zero-order valence-electron chi connectivity index (χ0n) is 18.7. The molecule has 0 aromatic heterocycles. The molecular weight excluding hydrogens is 359 g/mol. The van der Waals surface area contributed by atoms with Crippen LogP contribution in [0.25, 0.3) is 0 Å². The lowest BCUT2D eigenvalue weighted by atomic mass is 9.80. The van der Waals surface area contributed by atoms with Gasteiger partial charge in [0.25, 0.3) is 7.48 Å². The Morgan fingerprint density at radius 3 is 2.30 bits per heavy atom. The van der Waals surface area contributed by atoms with E-state index >= 15 is 0 Å². The molecule has 1 aliphatic carbocycles. The third-order valence-corrected chi connectivity index (χ3v) is 6.57. The van der Waals surface area contributed by atoms with Gasteiger partial charge in [0.1, 0.15) is 5.54 Å². The number of carboxylic acids is 1. The summed E-state index contributed by atoms with van der Waals surface area (Å²) in [7, 11) is 5.97. The minimum Gasteiger partial charge on any atom is -0.480 e. The van der Waals surface area contributed by atoms with E-state index in [9.17, 15) is 9.90 Å². The Bertz CT molecular complexity index is 447. The Morgan fingerprint density at radius 2 is 1.89 bits per heavy atom. The van der Waals surface area contributed by atoms with E-state index in [0.29, 0.717) is 12.5 Å². The van der Waals surface area contributed by atoms with Crippen molar-refractivity contribution in [3.63, 3.8) is 0 Å². The number of carbonyl (C=O) groups is 1. The van der Waals surface area contributed by atoms with Crippen LogP contribution in [-0.2, 0) is 9.45 Å². The molecule has 1 radical (unpaired) electrons. The second-order valence-electron chi connectivity index (χ2n) is 9.28. The van der Waals surface area contributed by atoms with Gasteiger partial charge in [-0.1, -0.05) is 19.2 Å². The van der Waals surface area contributed by atoms with Crippen molar-refractivity contribution in [3.8, 4) is 0 Å². The maximum atomic E-state index is 11.3. The van der Waals surface area contributed by atoms with Crippen LogP contribution in [0.3, 0.4) is 0 Å². The maximum Gasteiger partial charge on any atom is 0.323 e. The number of aliphatic carboxylic acids is 1. The molecule has 7 heteroatoms. The van der Waals surface area contributed by atoms with Crippen molar-refractivity contribution in [1.29, 1.82) is 0 Å². The van der Waals surface area contributed by atoms with Crippen LogP contribution in [0.4, 0.5) is 0 Å². The number of hydrogen-bond acceptors (Lipinski definition) is 5. The van der Waals surface area contributed by atoms with Crippen LogP contribution in [0.1, 0.15) is 73.6 Å². The van der Waals surface area contributed by atoms with Gasteiger partial charge in [0.2, 0.25) is 0 Å². The fourth-order valence-electron chi connectivity index (χ4n) is 2.65. The summed E-state index contributed by atoms with van der Waals surface area (Å²) in [5, 5.41) is 9.28. The van der Waals surface area contributed by atoms with E-state index in [1.807, 2.05) is 35.2 Å². The molecule has 1 fully saturated rings. The summed E-state index contributed by atoms with van der Waals surface area (Å²) in [5.74, 6) is -0.777. The summed E-state index contributed by atoms with van der Waals surface area (Å²) < 4.78 is 5.58. The average molecular weight is 401 g/mol. The van der Waals surface area contributed by atoms with Gasteiger partial charge in [-0.25, -0.2) is 0 Å². The predicted molar refractivity (Wildman–Crippen MR) is 119 cm³/mol. The van der Waals surface area contributed by atoms with Crippen LogP contribution in [-0.4, -0.2) is 59.5 Å². The molecule has 2 unspecified atom stereocenters. The van der Waals surface area contributed by atoms with Gasteiger partial charge < -0.3 is 20.4 Å². The second-order valence-corrected chi connectivity index (χ2v) is 10.4. The molecule has 27 heavy (non-hydrogen) atoms. The molecule has 159 valence electrons. The summed E-state index contributed by atoms with van der Waals surface area (Å²) in [6.45, 7) is 12.4. The highest BCUT2D eigenvalue weighted by Crippen LogP contribution is 2.37. The molecule has 0 aliphatic heterocycles. The van der Waals surface area contributed by atoms with E-state index in [1.165, 1.54) is 0 Å². The summed E-state index contributed by atoms with van der Waals surface area (Å²) in [4.78, 5) is 13.5. The topological polar surface area (TPSA) is 75.8 Å². The van der Waals surface area contributed by atoms with Crippen molar-refractivity contribution in [1.82, 2.24) is 4.90 Å². The van der Waals surface area contributed by atoms with Crippen molar-refractivity contribution in [3.05, 3.63) is 0 Å². The van der Waals surface area contributed by atoms with E-state index < -0.39 is 11.5 Å². The maximum absolute atomic E-state index is 11.3. The van der Waals surface area contributed by atoms with Crippen molar-refractivity contribution in [2.24, 2.45) is 11.7 Å². The monoisotopic (exact) mass is 401 g/mol. The largest absolute Gasteiger partial charge is 0.480 e. The van der Waals surface area contributed by atoms with Crippen LogP contribution in [0.5, 0.6) is 0 Å². The van der Waals surface area contributed by atoms with Crippen molar-refractivity contribution in [2.45, 2.75) is 102 Å². The van der Waals surface area contributed by atoms with E-state index in [-0.39, 0.29) is 16.3 Å². The van der Waals surface area contributed by atoms with Gasteiger partial charge in [0, 0.05) is 10.8 Å². The van der Waals surface area contributed by atoms with Gasteiger partial charge in [-0.2, -0.15) is 12.6 Å². The molecule has 5 nitrogen and oxygen atoms in total. The fraction of sp³-hybridized carbons (Fsp3) is 0.950. The molecular formula is C20H42BN2O3S. The average Bonchev–Trinajstić information content (AvgIpc) is 2.89. The normalized spacial score (nSPS) is 23.3. The highest BCUT2D eigenvalue weighted by molar-refractivity contribution is 7.81. The Balaban J connectivity index is 0.000000972. The smallest absolute Gasteiger partial charge is 0.323 e. The lowest BCUT2D eigenvalue weighted by molar-refractivity contribution is -0.144. The molecule has 0 amide bonds. The molecule has 3 N–H and O–H groups in total. The number of rotatable bonds is 9. The summed E-state index contributed by atoms with van der Waals surface area (Å²) >= 11 is 4.55. The van der Waals surface area contributed by atoms with Gasteiger partial charge >= 0.3 is 5.97 Å². The summed E-state index contributed by atoms with van der Waals surface area (Å²) in [6, 6.07) is 0.685. The Morgan fingerprint density at radius 1 is 1.37 bits per heavy atom. The minimum absolute atomic E-state index is 0.0812. The molecule has 0 spiro atoms. The third-order valence-electron chi connectivity index (χ3n) is 6.03. The quantitative estimate of drug-likeness (QED) is 0.311. The first-order valence-corrected chi connectivity index (χ1v) is 10.5. The van der Waals surface area contributed by atoms with Crippen LogP contribution in [0, 0.1) is 5.92 Å². The van der Waals surface area contributed by atoms with Gasteiger partial charge in [0.05, 0.1) is 5.60 Å². The Kier molecular flexibility index (Phi) is 11.0. The fourth-order valence-corrected chi connectivity index (χ4v) is 2.70. The van der Waals surface area contributed by atoms with Gasteiger partial charge in [-0.15, -0.1) is 0 Å². The standard InChI is InChI=1S/C15H29BNO3S.C5H13N/c1-13(2,14(3,4)21)20-16-10-6-8-11-7-5-9-15(11,17)12(18)19;1-5(2)6(3)4/h11,21H,5-10,17H2,1-4H3,(H,18,19);5H,1-4H3. The van der Waals surface area contributed by atoms with Crippen molar-refractivity contribution >= 4 is 26.1 Å². The van der Waals surface area contributed by atoms with E-state index in [1.54, 1.807) is 0 Å².